The Kier molecular flexibility index (Phi) is 7.85. The topological polar surface area (TPSA) is 79.0 Å². The van der Waals surface area contributed by atoms with Crippen LogP contribution in [0.3, 0.4) is 0 Å². The molecular formula is C25H32FN3O4S. The van der Waals surface area contributed by atoms with Gasteiger partial charge in [-0.05, 0) is 68.1 Å². The van der Waals surface area contributed by atoms with E-state index in [0.29, 0.717) is 31.9 Å². The van der Waals surface area contributed by atoms with Crippen LogP contribution in [0.5, 0.6) is 5.75 Å². The van der Waals surface area contributed by atoms with Gasteiger partial charge in [-0.25, -0.2) is 12.8 Å². The van der Waals surface area contributed by atoms with Crippen molar-refractivity contribution in [1.29, 1.82) is 0 Å². The van der Waals surface area contributed by atoms with Crippen molar-refractivity contribution in [3.05, 3.63) is 53.8 Å². The summed E-state index contributed by atoms with van der Waals surface area (Å²) in [4.78, 5) is 15.3. The van der Waals surface area contributed by atoms with Crippen LogP contribution in [0, 0.1) is 11.7 Å². The van der Waals surface area contributed by atoms with Crippen molar-refractivity contribution in [1.82, 2.24) is 9.21 Å². The van der Waals surface area contributed by atoms with Gasteiger partial charge in [-0.2, -0.15) is 4.31 Å². The third kappa shape index (κ3) is 5.76. The maximum Gasteiger partial charge on any atom is 0.246 e. The Bertz CT molecular complexity index is 1120. The Morgan fingerprint density at radius 2 is 1.88 bits per heavy atom. The van der Waals surface area contributed by atoms with Gasteiger partial charge < -0.3 is 10.1 Å². The second-order valence-corrected chi connectivity index (χ2v) is 10.9. The molecule has 1 unspecified atom stereocenters. The lowest BCUT2D eigenvalue weighted by Gasteiger charge is -2.32. The molecule has 2 fully saturated rings. The van der Waals surface area contributed by atoms with Crippen molar-refractivity contribution >= 4 is 21.6 Å². The number of rotatable bonds is 7. The Hall–Kier alpha value is -2.49. The first kappa shape index (κ1) is 24.6. The molecule has 1 atom stereocenters. The largest absolute Gasteiger partial charge is 0.495 e. The molecule has 1 amide bonds. The Labute approximate surface area is 200 Å². The third-order valence-electron chi connectivity index (χ3n) is 6.54. The molecule has 1 N–H and O–H groups in total. The predicted molar refractivity (Wildman–Crippen MR) is 129 cm³/mol. The first-order valence-corrected chi connectivity index (χ1v) is 13.3. The van der Waals surface area contributed by atoms with Crippen molar-refractivity contribution < 1.29 is 22.3 Å². The average Bonchev–Trinajstić information content (AvgIpc) is 2.85. The summed E-state index contributed by atoms with van der Waals surface area (Å²) in [7, 11) is -2.27. The molecule has 0 bridgehead atoms. The zero-order valence-corrected chi connectivity index (χ0v) is 20.3. The second-order valence-electron chi connectivity index (χ2n) is 9.02. The summed E-state index contributed by atoms with van der Waals surface area (Å²) in [5.41, 5.74) is 1.31. The number of hydrogen-bond acceptors (Lipinski definition) is 5. The third-order valence-corrected chi connectivity index (χ3v) is 8.46. The minimum absolute atomic E-state index is 0.0751. The average molecular weight is 490 g/mol. The molecule has 184 valence electrons. The minimum Gasteiger partial charge on any atom is -0.495 e. The summed E-state index contributed by atoms with van der Waals surface area (Å²) in [5.74, 6) is -0.372. The van der Waals surface area contributed by atoms with E-state index in [1.807, 2.05) is 6.07 Å². The van der Waals surface area contributed by atoms with E-state index in [2.05, 4.69) is 10.2 Å². The second kappa shape index (κ2) is 10.8. The van der Waals surface area contributed by atoms with Gasteiger partial charge in [0.2, 0.25) is 15.9 Å². The number of benzene rings is 2. The first-order chi connectivity index (χ1) is 16.4. The van der Waals surface area contributed by atoms with Gasteiger partial charge in [0.05, 0.1) is 13.0 Å². The number of piperidine rings is 2. The van der Waals surface area contributed by atoms with Crippen LogP contribution in [0.1, 0.15) is 37.7 Å². The number of methoxy groups -OCH3 is 1. The number of nitrogens with zero attached hydrogens (tertiary/aromatic N) is 2. The molecule has 2 aromatic rings. The maximum atomic E-state index is 13.5. The van der Waals surface area contributed by atoms with Crippen LogP contribution < -0.4 is 10.1 Å². The molecule has 2 saturated heterocycles. The van der Waals surface area contributed by atoms with Crippen LogP contribution in [0.15, 0.2) is 47.4 Å². The van der Waals surface area contributed by atoms with Crippen LogP contribution in [0.25, 0.3) is 0 Å². The van der Waals surface area contributed by atoms with E-state index < -0.39 is 10.0 Å². The number of amides is 1. The van der Waals surface area contributed by atoms with E-state index in [-0.39, 0.29) is 28.3 Å². The van der Waals surface area contributed by atoms with Gasteiger partial charge in [0, 0.05) is 31.9 Å². The molecule has 4 rings (SSSR count). The molecule has 2 aliphatic rings. The Morgan fingerprint density at radius 3 is 2.62 bits per heavy atom. The lowest BCUT2D eigenvalue weighted by Crippen LogP contribution is -2.40. The zero-order chi connectivity index (χ0) is 24.1. The highest BCUT2D eigenvalue weighted by Gasteiger charge is 2.30. The fourth-order valence-electron chi connectivity index (χ4n) is 4.75. The first-order valence-electron chi connectivity index (χ1n) is 11.8. The SMILES string of the molecule is COc1ccc(NC(=O)C2CCCN(Cc3cccc(F)c3)C2)cc1S(=O)(=O)N1CCCCC1. The molecule has 0 spiro atoms. The van der Waals surface area contributed by atoms with E-state index in [9.17, 15) is 17.6 Å². The van der Waals surface area contributed by atoms with Gasteiger partial charge in [0.15, 0.2) is 0 Å². The summed E-state index contributed by atoms with van der Waals surface area (Å²) in [6.45, 7) is 2.98. The van der Waals surface area contributed by atoms with Crippen LogP contribution in [0.2, 0.25) is 0 Å². The number of hydrogen-bond donors (Lipinski definition) is 1. The van der Waals surface area contributed by atoms with Gasteiger partial charge in [-0.3, -0.25) is 9.69 Å². The molecule has 0 aromatic heterocycles. The van der Waals surface area contributed by atoms with Crippen LogP contribution >= 0.6 is 0 Å². The number of anilines is 1. The number of ether oxygens (including phenoxy) is 1. The standard InChI is InChI=1S/C25H32FN3O4S/c1-33-23-11-10-22(16-24(23)34(31,32)29-13-3-2-4-14-29)27-25(30)20-8-6-12-28(18-20)17-19-7-5-9-21(26)15-19/h5,7,9-11,15-16,20H,2-4,6,8,12-14,17-18H2,1H3,(H,27,30). The van der Waals surface area contributed by atoms with Crippen molar-refractivity contribution in [2.45, 2.75) is 43.5 Å². The van der Waals surface area contributed by atoms with E-state index in [0.717, 1.165) is 44.2 Å². The summed E-state index contributed by atoms with van der Waals surface area (Å²) in [6.07, 6.45) is 4.32. The summed E-state index contributed by atoms with van der Waals surface area (Å²) >= 11 is 0. The van der Waals surface area contributed by atoms with Crippen molar-refractivity contribution in [2.24, 2.45) is 5.92 Å². The number of sulfonamides is 1. The number of likely N-dealkylation sites (tertiary alicyclic amines) is 1. The lowest BCUT2D eigenvalue weighted by molar-refractivity contribution is -0.121. The number of halogens is 1. The molecule has 2 heterocycles. The van der Waals surface area contributed by atoms with Gasteiger partial charge in [0.1, 0.15) is 16.5 Å². The summed E-state index contributed by atoms with van der Waals surface area (Å²) in [5, 5.41) is 2.91. The zero-order valence-electron chi connectivity index (χ0n) is 19.5. The lowest BCUT2D eigenvalue weighted by atomic mass is 9.96. The van der Waals surface area contributed by atoms with Crippen LogP contribution in [0.4, 0.5) is 10.1 Å². The predicted octanol–water partition coefficient (Wildman–Crippen LogP) is 3.86. The van der Waals surface area contributed by atoms with Gasteiger partial charge >= 0.3 is 0 Å². The molecular weight excluding hydrogens is 457 g/mol. The molecule has 2 aliphatic heterocycles. The Balaban J connectivity index is 1.45. The number of carbonyl (C=O) groups is 1. The normalized spacial score (nSPS) is 20.1. The quantitative estimate of drug-likeness (QED) is 0.639. The molecule has 0 radical (unpaired) electrons. The monoisotopic (exact) mass is 489 g/mol. The minimum atomic E-state index is -3.72. The smallest absolute Gasteiger partial charge is 0.246 e. The van der Waals surface area contributed by atoms with E-state index >= 15 is 0 Å². The van der Waals surface area contributed by atoms with E-state index in [1.54, 1.807) is 18.2 Å². The molecule has 0 saturated carbocycles. The van der Waals surface area contributed by atoms with Gasteiger partial charge in [-0.1, -0.05) is 18.6 Å². The van der Waals surface area contributed by atoms with Crippen LogP contribution in [-0.2, 0) is 21.4 Å². The molecule has 9 heteroatoms. The van der Waals surface area contributed by atoms with Gasteiger partial charge in [-0.15, -0.1) is 0 Å². The fraction of sp³-hybridized carbons (Fsp3) is 0.480. The highest BCUT2D eigenvalue weighted by Crippen LogP contribution is 2.31. The van der Waals surface area contributed by atoms with Crippen molar-refractivity contribution in [2.75, 3.05) is 38.6 Å². The van der Waals surface area contributed by atoms with E-state index in [4.69, 9.17) is 4.74 Å². The van der Waals surface area contributed by atoms with Crippen molar-refractivity contribution in [3.8, 4) is 5.75 Å². The van der Waals surface area contributed by atoms with Gasteiger partial charge in [0.25, 0.3) is 0 Å². The van der Waals surface area contributed by atoms with E-state index in [1.165, 1.54) is 29.6 Å². The molecule has 34 heavy (non-hydrogen) atoms. The molecule has 0 aliphatic carbocycles. The van der Waals surface area contributed by atoms with Crippen LogP contribution in [-0.4, -0.2) is 56.8 Å². The number of nitrogens with one attached hydrogen (secondary N) is 1. The maximum absolute atomic E-state index is 13.5. The summed E-state index contributed by atoms with van der Waals surface area (Å²) < 4.78 is 46.8. The molecule has 2 aromatic carbocycles. The molecule has 7 nitrogen and oxygen atoms in total. The fourth-order valence-corrected chi connectivity index (χ4v) is 6.45. The summed E-state index contributed by atoms with van der Waals surface area (Å²) in [6, 6.07) is 11.3. The number of carbonyl (C=O) groups excluding carboxylic acids is 1. The Morgan fingerprint density at radius 1 is 1.09 bits per heavy atom. The highest BCUT2D eigenvalue weighted by atomic mass is 32.2. The highest BCUT2D eigenvalue weighted by molar-refractivity contribution is 7.89. The van der Waals surface area contributed by atoms with Crippen molar-refractivity contribution in [3.63, 3.8) is 0 Å².